The van der Waals surface area contributed by atoms with Crippen molar-refractivity contribution in [3.63, 3.8) is 0 Å². The van der Waals surface area contributed by atoms with Gasteiger partial charge in [-0.25, -0.2) is 18.1 Å². The molecule has 0 bridgehead atoms. The van der Waals surface area contributed by atoms with Gasteiger partial charge in [-0.1, -0.05) is 6.92 Å². The van der Waals surface area contributed by atoms with Gasteiger partial charge in [0.2, 0.25) is 0 Å². The molecule has 0 spiro atoms. The molecule has 3 N–H and O–H groups in total. The summed E-state index contributed by atoms with van der Waals surface area (Å²) >= 11 is 0. The molecule has 7 heteroatoms. The molecule has 2 rings (SSSR count). The highest BCUT2D eigenvalue weighted by Gasteiger charge is 2.19. The van der Waals surface area contributed by atoms with E-state index in [0.29, 0.717) is 10.9 Å². The standard InChI is InChI=1S/C9H11N3O3S/c1-2-12-16(14,15)9-8-6(3-4-10-9)7(13)5-11-8/h3-5,11-13H,2H2,1H3. The number of aromatic hydroxyl groups is 1. The van der Waals surface area contributed by atoms with Gasteiger partial charge >= 0.3 is 0 Å². The summed E-state index contributed by atoms with van der Waals surface area (Å²) in [5.74, 6) is 0.00495. The summed E-state index contributed by atoms with van der Waals surface area (Å²) in [5, 5.41) is 9.79. The van der Waals surface area contributed by atoms with Gasteiger partial charge in [0.25, 0.3) is 10.0 Å². The number of hydrogen-bond donors (Lipinski definition) is 3. The minimum atomic E-state index is -3.63. The van der Waals surface area contributed by atoms with Crippen molar-refractivity contribution in [2.75, 3.05) is 6.54 Å². The van der Waals surface area contributed by atoms with Crippen molar-refractivity contribution in [2.24, 2.45) is 0 Å². The lowest BCUT2D eigenvalue weighted by molar-refractivity contribution is 0.481. The number of hydrogen-bond acceptors (Lipinski definition) is 4. The highest BCUT2D eigenvalue weighted by Crippen LogP contribution is 2.26. The van der Waals surface area contributed by atoms with E-state index in [4.69, 9.17) is 0 Å². The molecular weight excluding hydrogens is 230 g/mol. The summed E-state index contributed by atoms with van der Waals surface area (Å²) in [6.45, 7) is 1.97. The Hall–Kier alpha value is -1.60. The Morgan fingerprint density at radius 3 is 3.00 bits per heavy atom. The van der Waals surface area contributed by atoms with E-state index in [-0.39, 0.29) is 17.3 Å². The number of pyridine rings is 1. The lowest BCUT2D eigenvalue weighted by Crippen LogP contribution is -2.24. The van der Waals surface area contributed by atoms with Gasteiger partial charge in [-0.3, -0.25) is 0 Å². The van der Waals surface area contributed by atoms with Gasteiger partial charge in [0, 0.05) is 24.3 Å². The SMILES string of the molecule is CCNS(=O)(=O)c1nccc2c(O)c[nH]c12. The van der Waals surface area contributed by atoms with Crippen LogP contribution in [0.3, 0.4) is 0 Å². The van der Waals surface area contributed by atoms with Crippen molar-refractivity contribution in [3.8, 4) is 5.75 Å². The molecule has 86 valence electrons. The Balaban J connectivity index is 2.70. The van der Waals surface area contributed by atoms with Crippen LogP contribution in [0, 0.1) is 0 Å². The summed E-state index contributed by atoms with van der Waals surface area (Å²) < 4.78 is 25.9. The van der Waals surface area contributed by atoms with Gasteiger partial charge in [-0.15, -0.1) is 0 Å². The third-order valence-electron chi connectivity index (χ3n) is 2.13. The van der Waals surface area contributed by atoms with Gasteiger partial charge in [-0.2, -0.15) is 0 Å². The van der Waals surface area contributed by atoms with Crippen molar-refractivity contribution in [1.82, 2.24) is 14.7 Å². The van der Waals surface area contributed by atoms with Crippen molar-refractivity contribution in [2.45, 2.75) is 11.9 Å². The average molecular weight is 241 g/mol. The van der Waals surface area contributed by atoms with Crippen molar-refractivity contribution >= 4 is 20.9 Å². The Labute approximate surface area is 92.4 Å². The molecule has 2 aromatic heterocycles. The van der Waals surface area contributed by atoms with Crippen molar-refractivity contribution in [1.29, 1.82) is 0 Å². The van der Waals surface area contributed by atoms with Crippen LogP contribution in [0.25, 0.3) is 10.9 Å². The van der Waals surface area contributed by atoms with Crippen LogP contribution in [0.4, 0.5) is 0 Å². The number of nitrogens with one attached hydrogen (secondary N) is 2. The number of fused-ring (bicyclic) bond motifs is 1. The quantitative estimate of drug-likeness (QED) is 0.732. The van der Waals surface area contributed by atoms with Crippen molar-refractivity contribution < 1.29 is 13.5 Å². The Morgan fingerprint density at radius 2 is 2.31 bits per heavy atom. The van der Waals surface area contributed by atoms with Crippen LogP contribution >= 0.6 is 0 Å². The number of aromatic nitrogens is 2. The summed E-state index contributed by atoms with van der Waals surface area (Å²) in [6, 6.07) is 1.55. The second-order valence-electron chi connectivity index (χ2n) is 3.21. The van der Waals surface area contributed by atoms with Crippen LogP contribution in [-0.4, -0.2) is 30.0 Å². The maximum Gasteiger partial charge on any atom is 0.260 e. The fourth-order valence-electron chi connectivity index (χ4n) is 1.48. The van der Waals surface area contributed by atoms with E-state index in [1.165, 1.54) is 12.4 Å². The number of sulfonamides is 1. The Bertz CT molecular complexity index is 618. The molecule has 0 saturated heterocycles. The van der Waals surface area contributed by atoms with Crippen LogP contribution in [0.15, 0.2) is 23.5 Å². The molecule has 0 amide bonds. The number of rotatable bonds is 3. The molecule has 2 aromatic rings. The van der Waals surface area contributed by atoms with Crippen molar-refractivity contribution in [3.05, 3.63) is 18.5 Å². The highest BCUT2D eigenvalue weighted by atomic mass is 32.2. The average Bonchev–Trinajstić information content (AvgIpc) is 2.60. The van der Waals surface area contributed by atoms with E-state index < -0.39 is 10.0 Å². The number of H-pyrrole nitrogens is 1. The Morgan fingerprint density at radius 1 is 1.56 bits per heavy atom. The molecule has 0 aromatic carbocycles. The second-order valence-corrected chi connectivity index (χ2v) is 4.90. The first kappa shape index (κ1) is 10.9. The smallest absolute Gasteiger partial charge is 0.260 e. The van der Waals surface area contributed by atoms with E-state index in [9.17, 15) is 13.5 Å². The first-order valence-electron chi connectivity index (χ1n) is 4.71. The Kier molecular flexibility index (Phi) is 2.56. The molecule has 0 aliphatic rings. The summed E-state index contributed by atoms with van der Waals surface area (Å²) in [5.41, 5.74) is 0.306. The zero-order valence-electron chi connectivity index (χ0n) is 8.56. The minimum Gasteiger partial charge on any atom is -0.506 e. The van der Waals surface area contributed by atoms with E-state index in [0.717, 1.165) is 0 Å². The summed E-state index contributed by atoms with van der Waals surface area (Å²) in [7, 11) is -3.63. The molecule has 0 radical (unpaired) electrons. The monoisotopic (exact) mass is 241 g/mol. The van der Waals surface area contributed by atoms with Gasteiger partial charge in [0.1, 0.15) is 5.75 Å². The fourth-order valence-corrected chi connectivity index (χ4v) is 2.63. The minimum absolute atomic E-state index is 0.00495. The van der Waals surface area contributed by atoms with E-state index >= 15 is 0 Å². The fraction of sp³-hybridized carbons (Fsp3) is 0.222. The van der Waals surface area contributed by atoms with E-state index in [2.05, 4.69) is 14.7 Å². The first-order valence-corrected chi connectivity index (χ1v) is 6.19. The third-order valence-corrected chi connectivity index (χ3v) is 3.62. The molecule has 2 heterocycles. The largest absolute Gasteiger partial charge is 0.506 e. The molecular formula is C9H11N3O3S. The van der Waals surface area contributed by atoms with Gasteiger partial charge in [0.05, 0.1) is 5.52 Å². The van der Waals surface area contributed by atoms with Crippen LogP contribution in [-0.2, 0) is 10.0 Å². The second kappa shape index (κ2) is 3.76. The molecule has 16 heavy (non-hydrogen) atoms. The van der Waals surface area contributed by atoms with Crippen LogP contribution in [0.2, 0.25) is 0 Å². The number of nitrogens with zero attached hydrogens (tertiary/aromatic N) is 1. The zero-order chi connectivity index (χ0) is 11.8. The van der Waals surface area contributed by atoms with E-state index in [1.807, 2.05) is 0 Å². The topological polar surface area (TPSA) is 95.1 Å². The van der Waals surface area contributed by atoms with E-state index in [1.54, 1.807) is 13.0 Å². The lowest BCUT2D eigenvalue weighted by atomic mass is 10.3. The zero-order valence-corrected chi connectivity index (χ0v) is 9.37. The van der Waals surface area contributed by atoms with Crippen LogP contribution < -0.4 is 4.72 Å². The molecule has 0 atom stereocenters. The predicted octanol–water partition coefficient (Wildman–Crippen LogP) is 0.567. The molecule has 0 aliphatic heterocycles. The van der Waals surface area contributed by atoms with Crippen LogP contribution in [0.1, 0.15) is 6.92 Å². The maximum absolute atomic E-state index is 11.8. The maximum atomic E-state index is 11.8. The van der Waals surface area contributed by atoms with Gasteiger partial charge in [-0.05, 0) is 6.07 Å². The molecule has 0 fully saturated rings. The van der Waals surface area contributed by atoms with Crippen LogP contribution in [0.5, 0.6) is 5.75 Å². The van der Waals surface area contributed by atoms with Gasteiger partial charge in [0.15, 0.2) is 5.03 Å². The highest BCUT2D eigenvalue weighted by molar-refractivity contribution is 7.89. The summed E-state index contributed by atoms with van der Waals surface area (Å²) in [6.07, 6.45) is 2.68. The molecule has 0 saturated carbocycles. The summed E-state index contributed by atoms with van der Waals surface area (Å²) in [4.78, 5) is 6.51. The third kappa shape index (κ3) is 1.63. The molecule has 0 unspecified atom stereocenters. The lowest BCUT2D eigenvalue weighted by Gasteiger charge is -2.04. The normalized spacial score (nSPS) is 12.1. The number of aromatic amines is 1. The first-order chi connectivity index (χ1) is 7.56. The molecule has 0 aliphatic carbocycles. The molecule has 6 nitrogen and oxygen atoms in total. The van der Waals surface area contributed by atoms with Gasteiger partial charge < -0.3 is 10.1 Å². The predicted molar refractivity (Wildman–Crippen MR) is 58.6 cm³/mol.